The summed E-state index contributed by atoms with van der Waals surface area (Å²) in [4.78, 5) is 8.96. The zero-order valence-electron chi connectivity index (χ0n) is 15.5. The molecule has 0 aliphatic rings. The van der Waals surface area contributed by atoms with Crippen LogP contribution in [0.15, 0.2) is 54.7 Å². The lowest BCUT2D eigenvalue weighted by Gasteiger charge is -2.10. The fourth-order valence-electron chi connectivity index (χ4n) is 3.06. The Labute approximate surface area is 164 Å². The number of halogens is 3. The summed E-state index contributed by atoms with van der Waals surface area (Å²) in [5.41, 5.74) is 2.13. The van der Waals surface area contributed by atoms with Crippen LogP contribution in [0.2, 0.25) is 0 Å². The lowest BCUT2D eigenvalue weighted by Crippen LogP contribution is -2.04. The summed E-state index contributed by atoms with van der Waals surface area (Å²) in [6, 6.07) is 11.9. The van der Waals surface area contributed by atoms with E-state index in [4.69, 9.17) is 4.74 Å². The number of ether oxygens (including phenoxy) is 1. The Bertz CT molecular complexity index is 1180. The normalized spacial score (nSPS) is 11.8. The van der Waals surface area contributed by atoms with E-state index in [0.29, 0.717) is 34.0 Å². The van der Waals surface area contributed by atoms with Crippen molar-refractivity contribution < 1.29 is 23.0 Å². The molecule has 4 rings (SSSR count). The van der Waals surface area contributed by atoms with Gasteiger partial charge in [0.1, 0.15) is 17.1 Å². The average Bonchev–Trinajstić information content (AvgIpc) is 3.01. The monoisotopic (exact) mass is 399 g/mol. The van der Waals surface area contributed by atoms with Gasteiger partial charge in [-0.05, 0) is 43.3 Å². The maximum absolute atomic E-state index is 12.9. The highest BCUT2D eigenvalue weighted by molar-refractivity contribution is 5.78. The van der Waals surface area contributed by atoms with E-state index in [1.54, 1.807) is 32.4 Å². The van der Waals surface area contributed by atoms with Crippen molar-refractivity contribution in [3.05, 3.63) is 66.0 Å². The minimum atomic E-state index is -4.42. The molecule has 0 aliphatic heterocycles. The molecule has 29 heavy (non-hydrogen) atoms. The van der Waals surface area contributed by atoms with Gasteiger partial charge in [-0.3, -0.25) is 4.40 Å². The van der Waals surface area contributed by atoms with Gasteiger partial charge in [0.2, 0.25) is 5.88 Å². The number of benzene rings is 2. The molecule has 0 spiro atoms. The van der Waals surface area contributed by atoms with Gasteiger partial charge in [-0.25, -0.2) is 9.97 Å². The molecular weight excluding hydrogens is 383 g/mol. The molecule has 0 atom stereocenters. The Kier molecular flexibility index (Phi) is 4.41. The second-order valence-electron chi connectivity index (χ2n) is 6.49. The van der Waals surface area contributed by atoms with Crippen LogP contribution in [0.5, 0.6) is 11.6 Å². The highest BCUT2D eigenvalue weighted by atomic mass is 19.4. The molecule has 8 heteroatoms. The molecule has 0 fully saturated rings. The quantitative estimate of drug-likeness (QED) is 0.520. The third-order valence-electron chi connectivity index (χ3n) is 4.62. The molecule has 0 radical (unpaired) electrons. The minimum absolute atomic E-state index is 0.0506. The number of imidazole rings is 1. The molecule has 1 N–H and O–H groups in total. The number of nitrogens with zero attached hydrogens (tertiary/aromatic N) is 3. The van der Waals surface area contributed by atoms with Crippen LogP contribution in [0, 0.1) is 6.92 Å². The predicted molar refractivity (Wildman–Crippen MR) is 102 cm³/mol. The van der Waals surface area contributed by atoms with Crippen LogP contribution >= 0.6 is 0 Å². The Morgan fingerprint density at radius 3 is 2.14 bits per heavy atom. The first-order chi connectivity index (χ1) is 13.8. The SMILES string of the molecule is COc1ccc(-c2cn3c(O)c(C)nc3c(-c3ccc(C(F)(F)F)cc3)n2)cc1. The van der Waals surface area contributed by atoms with Crippen molar-refractivity contribution in [2.24, 2.45) is 0 Å². The molecule has 0 amide bonds. The first-order valence-corrected chi connectivity index (χ1v) is 8.68. The molecule has 5 nitrogen and oxygen atoms in total. The minimum Gasteiger partial charge on any atom is -0.497 e. The summed E-state index contributed by atoms with van der Waals surface area (Å²) >= 11 is 0. The summed E-state index contributed by atoms with van der Waals surface area (Å²) in [5.74, 6) is 0.629. The number of hydrogen-bond acceptors (Lipinski definition) is 4. The number of rotatable bonds is 3. The van der Waals surface area contributed by atoms with Gasteiger partial charge in [-0.1, -0.05) is 12.1 Å². The molecule has 2 aromatic carbocycles. The third kappa shape index (κ3) is 3.37. The molecule has 0 saturated heterocycles. The highest BCUT2D eigenvalue weighted by Gasteiger charge is 2.30. The van der Waals surface area contributed by atoms with Crippen LogP contribution in [-0.2, 0) is 6.18 Å². The largest absolute Gasteiger partial charge is 0.497 e. The number of aryl methyl sites for hydroxylation is 1. The average molecular weight is 399 g/mol. The highest BCUT2D eigenvalue weighted by Crippen LogP contribution is 2.34. The van der Waals surface area contributed by atoms with E-state index < -0.39 is 11.7 Å². The van der Waals surface area contributed by atoms with Crippen LogP contribution in [0.3, 0.4) is 0 Å². The lowest BCUT2D eigenvalue weighted by atomic mass is 10.1. The van der Waals surface area contributed by atoms with Gasteiger partial charge < -0.3 is 9.84 Å². The van der Waals surface area contributed by atoms with Crippen LogP contribution < -0.4 is 4.74 Å². The van der Waals surface area contributed by atoms with Gasteiger partial charge in [0, 0.05) is 17.3 Å². The zero-order chi connectivity index (χ0) is 20.8. The summed E-state index contributed by atoms with van der Waals surface area (Å²) in [6.45, 7) is 1.64. The second-order valence-corrected chi connectivity index (χ2v) is 6.49. The van der Waals surface area contributed by atoms with Crippen molar-refractivity contribution in [2.75, 3.05) is 7.11 Å². The molecule has 0 aliphatic carbocycles. The van der Waals surface area contributed by atoms with E-state index in [2.05, 4.69) is 9.97 Å². The Balaban J connectivity index is 1.91. The van der Waals surface area contributed by atoms with E-state index in [9.17, 15) is 18.3 Å². The number of fused-ring (bicyclic) bond motifs is 1. The Morgan fingerprint density at radius 2 is 1.55 bits per heavy atom. The standard InChI is InChI=1S/C21H16F3N3O2/c1-12-20(28)27-11-17(13-5-9-16(29-2)10-6-13)26-18(19(27)25-12)14-3-7-15(8-4-14)21(22,23)24/h3-11,28H,1-2H3. The molecular formula is C21H16F3N3O2. The van der Waals surface area contributed by atoms with Crippen molar-refractivity contribution >= 4 is 5.65 Å². The number of aromatic nitrogens is 3. The van der Waals surface area contributed by atoms with Crippen molar-refractivity contribution in [3.8, 4) is 34.1 Å². The van der Waals surface area contributed by atoms with Crippen LogP contribution in [0.4, 0.5) is 13.2 Å². The van der Waals surface area contributed by atoms with Gasteiger partial charge in [0.25, 0.3) is 0 Å². The van der Waals surface area contributed by atoms with Crippen molar-refractivity contribution in [2.45, 2.75) is 13.1 Å². The fourth-order valence-corrected chi connectivity index (χ4v) is 3.06. The first-order valence-electron chi connectivity index (χ1n) is 8.68. The van der Waals surface area contributed by atoms with Gasteiger partial charge in [-0.2, -0.15) is 13.2 Å². The third-order valence-corrected chi connectivity index (χ3v) is 4.62. The van der Waals surface area contributed by atoms with Crippen LogP contribution in [0.1, 0.15) is 11.3 Å². The number of methoxy groups -OCH3 is 1. The Hall–Kier alpha value is -3.55. The van der Waals surface area contributed by atoms with E-state index in [0.717, 1.165) is 17.7 Å². The number of aromatic hydroxyl groups is 1. The first kappa shape index (κ1) is 18.8. The van der Waals surface area contributed by atoms with Gasteiger partial charge in [0.15, 0.2) is 5.65 Å². The lowest BCUT2D eigenvalue weighted by molar-refractivity contribution is -0.137. The van der Waals surface area contributed by atoms with Gasteiger partial charge in [-0.15, -0.1) is 0 Å². The summed E-state index contributed by atoms with van der Waals surface area (Å²) in [5, 5.41) is 10.4. The summed E-state index contributed by atoms with van der Waals surface area (Å²) in [6.07, 6.45) is -2.78. The van der Waals surface area contributed by atoms with Crippen LogP contribution in [0.25, 0.3) is 28.2 Å². The summed E-state index contributed by atoms with van der Waals surface area (Å²) < 4.78 is 45.4. The predicted octanol–water partition coefficient (Wildman–Crippen LogP) is 5.10. The van der Waals surface area contributed by atoms with Crippen LogP contribution in [-0.4, -0.2) is 26.6 Å². The van der Waals surface area contributed by atoms with Crippen molar-refractivity contribution in [1.82, 2.24) is 14.4 Å². The van der Waals surface area contributed by atoms with Crippen molar-refractivity contribution in [1.29, 1.82) is 0 Å². The van der Waals surface area contributed by atoms with Gasteiger partial charge in [0.05, 0.1) is 18.4 Å². The Morgan fingerprint density at radius 1 is 0.931 bits per heavy atom. The molecule has 0 bridgehead atoms. The number of alkyl halides is 3. The maximum atomic E-state index is 12.9. The van der Waals surface area contributed by atoms with E-state index in [1.165, 1.54) is 16.5 Å². The maximum Gasteiger partial charge on any atom is 0.416 e. The zero-order valence-corrected chi connectivity index (χ0v) is 15.5. The molecule has 2 aromatic heterocycles. The molecule has 0 saturated carbocycles. The fraction of sp³-hybridized carbons (Fsp3) is 0.143. The topological polar surface area (TPSA) is 59.7 Å². The molecule has 2 heterocycles. The molecule has 148 valence electrons. The van der Waals surface area contributed by atoms with Crippen molar-refractivity contribution in [3.63, 3.8) is 0 Å². The second kappa shape index (κ2) is 6.80. The molecule has 0 unspecified atom stereocenters. The smallest absolute Gasteiger partial charge is 0.416 e. The van der Waals surface area contributed by atoms with Gasteiger partial charge >= 0.3 is 6.18 Å². The molecule has 4 aromatic rings. The summed E-state index contributed by atoms with van der Waals surface area (Å²) in [7, 11) is 1.56. The van der Waals surface area contributed by atoms with E-state index in [-0.39, 0.29) is 5.88 Å². The van der Waals surface area contributed by atoms with E-state index in [1.807, 2.05) is 12.1 Å². The van der Waals surface area contributed by atoms with E-state index >= 15 is 0 Å². The number of hydrogen-bond donors (Lipinski definition) is 1.